The van der Waals surface area contributed by atoms with Crippen LogP contribution in [0.1, 0.15) is 134 Å². The molecule has 0 N–H and O–H groups in total. The second-order valence-corrected chi connectivity index (χ2v) is 20.7. The Bertz CT molecular complexity index is 2410. The molecule has 2 heterocycles. The molecule has 2 unspecified atom stereocenters. The average Bonchev–Trinajstić information content (AvgIpc) is 3.39. The van der Waals surface area contributed by atoms with Gasteiger partial charge in [-0.05, 0) is 97.2 Å². The number of rotatable bonds is 14. The number of carbonyl (C=O) groups is 2. The lowest BCUT2D eigenvalue weighted by Gasteiger charge is -2.43. The lowest BCUT2D eigenvalue weighted by atomic mass is 9.92. The number of benzene rings is 4. The van der Waals surface area contributed by atoms with Gasteiger partial charge < -0.3 is 4.90 Å². The lowest BCUT2D eigenvalue weighted by Crippen LogP contribution is -2.53. The lowest BCUT2D eigenvalue weighted by molar-refractivity contribution is -0.144. The Balaban J connectivity index is 0.000000221. The van der Waals surface area contributed by atoms with E-state index in [1.54, 1.807) is 0 Å². The molecule has 1 amide bonds. The Morgan fingerprint density at radius 3 is 1.22 bits per heavy atom. The molecule has 4 aromatic rings. The molecule has 7 nitrogen and oxygen atoms in total. The van der Waals surface area contributed by atoms with Gasteiger partial charge >= 0.3 is 24.7 Å². The number of ketones is 1. The molecule has 2 atom stereocenters. The summed E-state index contributed by atoms with van der Waals surface area (Å²) in [4.78, 5) is 37.6. The third-order valence-electron chi connectivity index (χ3n) is 15.4. The summed E-state index contributed by atoms with van der Waals surface area (Å²) in [5.74, 6) is -0.432. The van der Waals surface area contributed by atoms with Crippen molar-refractivity contribution in [1.29, 1.82) is 0 Å². The van der Waals surface area contributed by atoms with Crippen LogP contribution in [0, 0.1) is 0 Å². The first-order valence-corrected chi connectivity index (χ1v) is 26.4. The van der Waals surface area contributed by atoms with Gasteiger partial charge in [-0.15, -0.1) is 0 Å². The number of nitrogens with zero attached hydrogens (tertiary/aromatic N) is 5. The van der Waals surface area contributed by atoms with Gasteiger partial charge in [-0.2, -0.15) is 52.7 Å². The molecule has 4 aromatic carbocycles. The maximum atomic E-state index is 13.7. The van der Waals surface area contributed by atoms with E-state index in [1.807, 2.05) is 60.7 Å². The van der Waals surface area contributed by atoms with Crippen molar-refractivity contribution in [3.63, 3.8) is 0 Å². The number of amides is 1. The Morgan fingerprint density at radius 1 is 0.487 bits per heavy atom. The smallest absolute Gasteiger partial charge is 0.340 e. The maximum Gasteiger partial charge on any atom is 0.416 e. The minimum atomic E-state index is -4.94. The number of Topliss-reactive ketones (excluding diaryl/α,β-unsaturated/α-hetero) is 1. The predicted octanol–water partition coefficient (Wildman–Crippen LogP) is 13.7. The molecule has 4 fully saturated rings. The van der Waals surface area contributed by atoms with Gasteiger partial charge in [0, 0.05) is 84.5 Å². The van der Waals surface area contributed by atoms with Gasteiger partial charge in [0.2, 0.25) is 5.91 Å². The third kappa shape index (κ3) is 16.1. The molecule has 0 bridgehead atoms. The van der Waals surface area contributed by atoms with Crippen LogP contribution in [-0.2, 0) is 47.3 Å². The van der Waals surface area contributed by atoms with Gasteiger partial charge in [-0.1, -0.05) is 99.2 Å². The van der Waals surface area contributed by atoms with Gasteiger partial charge in [0.05, 0.1) is 28.3 Å². The maximum absolute atomic E-state index is 13.7. The monoisotopic (exact) mass is 1080 g/mol. The molecule has 76 heavy (non-hydrogen) atoms. The number of carbonyl (C=O) groups excluding carboxylic acids is 2. The first kappa shape index (κ1) is 58.7. The normalized spacial score (nSPS) is 19.4. The SMILES string of the molecule is CN(Cc1cc(C(F)(F)F)cc(C(F)(F)F)c1)C(=O)C(c1ccccc1)N1CCN(C2CCCCC2)CC1.O=C(CCCc1cc(C(F)(F)F)cc(C(F)(F)F)c1)C(c1ccccc1)N1CCN(C2CCCCC2)CC1. The molecule has 0 spiro atoms. The summed E-state index contributed by atoms with van der Waals surface area (Å²) in [7, 11) is 1.42. The Labute approximate surface area is 437 Å². The predicted molar refractivity (Wildman–Crippen MR) is 266 cm³/mol. The Kier molecular flexibility index (Phi) is 19.8. The van der Waals surface area contributed by atoms with Gasteiger partial charge in [0.1, 0.15) is 6.04 Å². The largest absolute Gasteiger partial charge is 0.416 e. The minimum absolute atomic E-state index is 0.0459. The van der Waals surface area contributed by atoms with Crippen molar-refractivity contribution >= 4 is 11.7 Å². The van der Waals surface area contributed by atoms with Gasteiger partial charge in [0.15, 0.2) is 5.78 Å². The number of piperazine rings is 2. The molecule has 0 radical (unpaired) electrons. The molecule has 2 saturated heterocycles. The van der Waals surface area contributed by atoms with Crippen LogP contribution < -0.4 is 0 Å². The van der Waals surface area contributed by atoms with E-state index in [0.29, 0.717) is 37.3 Å². The number of halogens is 12. The van der Waals surface area contributed by atoms with Crippen LogP contribution in [0.3, 0.4) is 0 Å². The summed E-state index contributed by atoms with van der Waals surface area (Å²) in [5, 5.41) is 0. The number of alkyl halides is 12. The van der Waals surface area contributed by atoms with Crippen molar-refractivity contribution in [1.82, 2.24) is 24.5 Å². The summed E-state index contributed by atoms with van der Waals surface area (Å²) < 4.78 is 159. The van der Waals surface area contributed by atoms with Crippen molar-refractivity contribution in [2.75, 3.05) is 59.4 Å². The third-order valence-corrected chi connectivity index (χ3v) is 15.4. The van der Waals surface area contributed by atoms with Gasteiger partial charge in [0.25, 0.3) is 0 Å². The summed E-state index contributed by atoms with van der Waals surface area (Å²) in [6.07, 6.45) is -7.14. The number of hydrogen-bond donors (Lipinski definition) is 0. The second kappa shape index (κ2) is 25.7. The van der Waals surface area contributed by atoms with Gasteiger partial charge in [-0.25, -0.2) is 0 Å². The molecular formula is C57H67F12N5O2. The molecular weight excluding hydrogens is 1010 g/mol. The first-order chi connectivity index (χ1) is 36.0. The van der Waals surface area contributed by atoms with Crippen LogP contribution in [0.15, 0.2) is 97.1 Å². The highest BCUT2D eigenvalue weighted by Crippen LogP contribution is 2.39. The summed E-state index contributed by atoms with van der Waals surface area (Å²) >= 11 is 0. The van der Waals surface area contributed by atoms with E-state index in [0.717, 1.165) is 62.5 Å². The fourth-order valence-electron chi connectivity index (χ4n) is 11.4. The molecule has 2 saturated carbocycles. The molecule has 8 rings (SSSR count). The molecule has 19 heteroatoms. The van der Waals surface area contributed by atoms with E-state index in [4.69, 9.17) is 0 Å². The molecule has 2 aliphatic carbocycles. The fraction of sp³-hybridized carbons (Fsp3) is 0.544. The summed E-state index contributed by atoms with van der Waals surface area (Å²) in [5.41, 5.74) is -4.12. The number of likely N-dealkylation sites (N-methyl/N-ethyl adjacent to an activating group) is 1. The summed E-state index contributed by atoms with van der Waals surface area (Å²) in [6.45, 7) is 5.79. The van der Waals surface area contributed by atoms with E-state index >= 15 is 0 Å². The quantitative estimate of drug-likeness (QED) is 0.117. The van der Waals surface area contributed by atoms with E-state index in [-0.39, 0.29) is 60.8 Å². The fourth-order valence-corrected chi connectivity index (χ4v) is 11.4. The minimum Gasteiger partial charge on any atom is -0.340 e. The van der Waals surface area contributed by atoms with Crippen molar-refractivity contribution in [2.45, 2.75) is 139 Å². The van der Waals surface area contributed by atoms with E-state index < -0.39 is 59.0 Å². The molecule has 2 aliphatic heterocycles. The van der Waals surface area contributed by atoms with E-state index in [2.05, 4.69) is 19.6 Å². The zero-order valence-corrected chi connectivity index (χ0v) is 42.7. The highest BCUT2D eigenvalue weighted by molar-refractivity contribution is 5.85. The standard InChI is InChI=1S/C29H34F6N2O.C28H33F6N3O/c30-28(31,32)23-18-21(19-24(20-23)29(33,34)35)8-7-13-26(38)27(22-9-3-1-4-10-22)37-16-14-36(15-17-37)25-11-5-2-6-12-25;1-35(19-20-16-22(27(29,30)31)18-23(17-20)28(32,33)34)26(38)25(21-8-4-2-5-9-21)37-14-12-36(13-15-37)24-10-6-3-7-11-24/h1,3-4,9-10,18-20,25,27H,2,5-8,11-17H2;2,4-5,8-9,16-18,24-25H,3,6-7,10-15,19H2,1H3. The van der Waals surface area contributed by atoms with Crippen molar-refractivity contribution in [2.24, 2.45) is 0 Å². The van der Waals surface area contributed by atoms with Crippen molar-refractivity contribution < 1.29 is 62.3 Å². The Morgan fingerprint density at radius 2 is 0.842 bits per heavy atom. The zero-order chi connectivity index (χ0) is 54.8. The highest BCUT2D eigenvalue weighted by Gasteiger charge is 2.40. The molecule has 4 aliphatic rings. The van der Waals surface area contributed by atoms with Gasteiger partial charge in [-0.3, -0.25) is 29.2 Å². The van der Waals surface area contributed by atoms with E-state index in [1.165, 1.54) is 76.2 Å². The average molecular weight is 1080 g/mol. The zero-order valence-electron chi connectivity index (χ0n) is 42.7. The first-order valence-electron chi connectivity index (χ1n) is 26.4. The van der Waals surface area contributed by atoms with Crippen molar-refractivity contribution in [3.05, 3.63) is 142 Å². The number of hydrogen-bond acceptors (Lipinski definition) is 6. The second-order valence-electron chi connectivity index (χ2n) is 20.7. The molecule has 0 aromatic heterocycles. The van der Waals surface area contributed by atoms with Crippen LogP contribution in [0.2, 0.25) is 0 Å². The van der Waals surface area contributed by atoms with Crippen LogP contribution in [0.5, 0.6) is 0 Å². The van der Waals surface area contributed by atoms with Crippen LogP contribution in [0.25, 0.3) is 0 Å². The van der Waals surface area contributed by atoms with Crippen molar-refractivity contribution in [3.8, 4) is 0 Å². The van der Waals surface area contributed by atoms with Crippen LogP contribution in [0.4, 0.5) is 52.7 Å². The Hall–Kier alpha value is -4.98. The van der Waals surface area contributed by atoms with Crippen LogP contribution in [-0.4, -0.2) is 108 Å². The van der Waals surface area contributed by atoms with E-state index in [9.17, 15) is 62.3 Å². The molecule has 416 valence electrons. The summed E-state index contributed by atoms with van der Waals surface area (Å²) in [6, 6.07) is 21.6. The highest BCUT2D eigenvalue weighted by atomic mass is 19.4. The van der Waals surface area contributed by atoms with Crippen LogP contribution >= 0.6 is 0 Å². The topological polar surface area (TPSA) is 50.3 Å². The number of aryl methyl sites for hydroxylation is 1.